The summed E-state index contributed by atoms with van der Waals surface area (Å²) in [5, 5.41) is 20.2. The lowest BCUT2D eigenvalue weighted by Gasteiger charge is -2.27. The Hall–Kier alpha value is -3.86. The zero-order chi connectivity index (χ0) is 25.6. The van der Waals surface area contributed by atoms with E-state index in [1.54, 1.807) is 68.6 Å². The van der Waals surface area contributed by atoms with Crippen molar-refractivity contribution in [3.05, 3.63) is 77.9 Å². The number of aliphatic hydroxyl groups excluding tert-OH is 1. The fraction of sp³-hybridized carbons (Fsp3) is 0.280. The third-order valence-electron chi connectivity index (χ3n) is 4.83. The number of ether oxygens (including phenoxy) is 4. The number of amides is 2. The minimum Gasteiger partial charge on any atom is -0.497 e. The molecule has 0 bridgehead atoms. The molecule has 0 aromatic heterocycles. The molecule has 0 radical (unpaired) electrons. The smallest absolute Gasteiger partial charge is 0.412 e. The van der Waals surface area contributed by atoms with E-state index >= 15 is 0 Å². The van der Waals surface area contributed by atoms with Crippen molar-refractivity contribution >= 4 is 17.7 Å². The normalized spacial score (nSPS) is 13.1. The molecule has 10 nitrogen and oxygen atoms in total. The van der Waals surface area contributed by atoms with Crippen LogP contribution in [0.25, 0.3) is 0 Å². The average Bonchev–Trinajstić information content (AvgIpc) is 2.88. The summed E-state index contributed by atoms with van der Waals surface area (Å²) in [5.74, 6) is 0.505. The number of hydroxylamine groups is 1. The molecule has 0 aliphatic rings. The summed E-state index contributed by atoms with van der Waals surface area (Å²) in [4.78, 5) is 24.0. The summed E-state index contributed by atoms with van der Waals surface area (Å²) in [5.41, 5.74) is 3.30. The number of allylic oxidation sites excluding steroid dienone is 2. The highest BCUT2D eigenvalue weighted by Gasteiger charge is 2.28. The Kier molecular flexibility index (Phi) is 11.3. The molecule has 2 amide bonds. The Morgan fingerprint density at radius 3 is 2.26 bits per heavy atom. The van der Waals surface area contributed by atoms with Crippen LogP contribution in [0.3, 0.4) is 0 Å². The first-order valence-corrected chi connectivity index (χ1v) is 10.7. The Morgan fingerprint density at radius 2 is 1.69 bits per heavy atom. The predicted molar refractivity (Wildman–Crippen MR) is 128 cm³/mol. The first-order chi connectivity index (χ1) is 16.9. The number of anilines is 1. The molecule has 0 heterocycles. The van der Waals surface area contributed by atoms with Crippen molar-refractivity contribution in [3.63, 3.8) is 0 Å². The SMILES string of the molecule is COc1ccc(NC(=O)O[C@H](c2ccc(OCCO)cc2)[C@H](OC)/C(C)=C/C=C/C(=O)NO)cc1. The van der Waals surface area contributed by atoms with E-state index in [-0.39, 0.29) is 13.2 Å². The van der Waals surface area contributed by atoms with Gasteiger partial charge in [0, 0.05) is 18.9 Å². The quantitative estimate of drug-likeness (QED) is 0.155. The van der Waals surface area contributed by atoms with E-state index < -0.39 is 24.2 Å². The number of nitrogens with one attached hydrogen (secondary N) is 2. The van der Waals surface area contributed by atoms with Gasteiger partial charge < -0.3 is 24.1 Å². The van der Waals surface area contributed by atoms with Crippen molar-refractivity contribution in [2.45, 2.75) is 19.1 Å². The lowest BCUT2D eigenvalue weighted by Crippen LogP contribution is -2.29. The molecule has 10 heteroatoms. The summed E-state index contributed by atoms with van der Waals surface area (Å²) in [7, 11) is 3.02. The first kappa shape index (κ1) is 27.4. The fourth-order valence-electron chi connectivity index (χ4n) is 3.13. The number of benzene rings is 2. The van der Waals surface area contributed by atoms with Gasteiger partial charge in [-0.15, -0.1) is 0 Å². The van der Waals surface area contributed by atoms with Crippen LogP contribution in [0.5, 0.6) is 11.5 Å². The molecule has 0 saturated carbocycles. The van der Waals surface area contributed by atoms with E-state index in [1.165, 1.54) is 18.7 Å². The number of carbonyl (C=O) groups excluding carboxylic acids is 2. The molecule has 4 N–H and O–H groups in total. The number of hydrogen-bond acceptors (Lipinski definition) is 8. The molecule has 188 valence electrons. The van der Waals surface area contributed by atoms with Crippen LogP contribution in [0.1, 0.15) is 18.6 Å². The second-order valence-corrected chi connectivity index (χ2v) is 7.22. The van der Waals surface area contributed by atoms with Gasteiger partial charge in [-0.05, 0) is 54.5 Å². The zero-order valence-electron chi connectivity index (χ0n) is 19.8. The van der Waals surface area contributed by atoms with E-state index in [4.69, 9.17) is 29.3 Å². The Bertz CT molecular complexity index is 1000. The maximum Gasteiger partial charge on any atom is 0.412 e. The van der Waals surface area contributed by atoms with Crippen LogP contribution in [0, 0.1) is 0 Å². The van der Waals surface area contributed by atoms with E-state index in [1.807, 2.05) is 0 Å². The maximum absolute atomic E-state index is 12.8. The molecule has 0 spiro atoms. The van der Waals surface area contributed by atoms with Gasteiger partial charge in [0.15, 0.2) is 6.10 Å². The van der Waals surface area contributed by atoms with Gasteiger partial charge in [-0.3, -0.25) is 15.3 Å². The number of rotatable bonds is 12. The van der Waals surface area contributed by atoms with Gasteiger partial charge in [-0.25, -0.2) is 10.3 Å². The van der Waals surface area contributed by atoms with Crippen molar-refractivity contribution in [2.75, 3.05) is 32.8 Å². The Labute approximate surface area is 203 Å². The van der Waals surface area contributed by atoms with Crippen LogP contribution in [0.2, 0.25) is 0 Å². The first-order valence-electron chi connectivity index (χ1n) is 10.7. The van der Waals surface area contributed by atoms with Crippen LogP contribution in [-0.4, -0.2) is 55.9 Å². The van der Waals surface area contributed by atoms with E-state index in [0.717, 1.165) is 6.08 Å². The topological polar surface area (TPSA) is 136 Å². The summed E-state index contributed by atoms with van der Waals surface area (Å²) >= 11 is 0. The molecule has 2 rings (SSSR count). The number of methoxy groups -OCH3 is 2. The minimum atomic E-state index is -0.860. The lowest BCUT2D eigenvalue weighted by atomic mass is 9.98. The van der Waals surface area contributed by atoms with Crippen molar-refractivity contribution in [2.24, 2.45) is 0 Å². The van der Waals surface area contributed by atoms with E-state index in [2.05, 4.69) is 5.32 Å². The monoisotopic (exact) mass is 486 g/mol. The highest BCUT2D eigenvalue weighted by atomic mass is 16.6. The molecule has 2 aromatic carbocycles. The summed E-state index contributed by atoms with van der Waals surface area (Å²) in [6, 6.07) is 13.6. The number of aliphatic hydroxyl groups is 1. The molecule has 0 unspecified atom stereocenters. The van der Waals surface area contributed by atoms with Crippen molar-refractivity contribution in [1.82, 2.24) is 5.48 Å². The second kappa shape index (κ2) is 14.4. The molecule has 35 heavy (non-hydrogen) atoms. The molecule has 0 aliphatic carbocycles. The summed E-state index contributed by atoms with van der Waals surface area (Å²) in [6.07, 6.45) is 1.91. The minimum absolute atomic E-state index is 0.115. The van der Waals surface area contributed by atoms with Gasteiger partial charge in [0.2, 0.25) is 0 Å². The Balaban J connectivity index is 2.29. The molecular formula is C25H30N2O8. The predicted octanol–water partition coefficient (Wildman–Crippen LogP) is 3.38. The third-order valence-corrected chi connectivity index (χ3v) is 4.83. The highest BCUT2D eigenvalue weighted by molar-refractivity contribution is 5.86. The molecular weight excluding hydrogens is 456 g/mol. The van der Waals surface area contributed by atoms with Gasteiger partial charge in [0.25, 0.3) is 5.91 Å². The standard InChI is InChI=1S/C25H30N2O8/c1-17(5-4-6-22(29)27-31)23(33-3)24(18-7-11-21(12-8-18)34-16-15-28)35-25(30)26-19-9-13-20(32-2)14-10-19/h4-14,23-24,28,31H,15-16H2,1-3H3,(H,26,30)(H,27,29)/b6-4+,17-5+/t23-,24-/m1/s1. The summed E-state index contributed by atoms with van der Waals surface area (Å²) < 4.78 is 21.9. The average molecular weight is 487 g/mol. The number of hydrogen-bond donors (Lipinski definition) is 4. The van der Waals surface area contributed by atoms with Crippen LogP contribution in [0.4, 0.5) is 10.5 Å². The van der Waals surface area contributed by atoms with Gasteiger partial charge >= 0.3 is 6.09 Å². The second-order valence-electron chi connectivity index (χ2n) is 7.22. The van der Waals surface area contributed by atoms with E-state index in [9.17, 15) is 9.59 Å². The van der Waals surface area contributed by atoms with Gasteiger partial charge in [0.1, 0.15) is 24.2 Å². The third kappa shape index (κ3) is 8.78. The molecule has 2 aromatic rings. The van der Waals surface area contributed by atoms with Crippen molar-refractivity contribution in [1.29, 1.82) is 0 Å². The lowest BCUT2D eigenvalue weighted by molar-refractivity contribution is -0.124. The van der Waals surface area contributed by atoms with Gasteiger partial charge in [-0.1, -0.05) is 24.3 Å². The van der Waals surface area contributed by atoms with Crippen LogP contribution >= 0.6 is 0 Å². The zero-order valence-corrected chi connectivity index (χ0v) is 19.8. The Morgan fingerprint density at radius 1 is 1.03 bits per heavy atom. The number of carbonyl (C=O) groups is 2. The van der Waals surface area contributed by atoms with Gasteiger partial charge in [0.05, 0.1) is 13.7 Å². The van der Waals surface area contributed by atoms with Crippen molar-refractivity contribution in [3.8, 4) is 11.5 Å². The highest BCUT2D eigenvalue weighted by Crippen LogP contribution is 2.30. The largest absolute Gasteiger partial charge is 0.497 e. The van der Waals surface area contributed by atoms with Crippen LogP contribution in [-0.2, 0) is 14.3 Å². The van der Waals surface area contributed by atoms with Crippen LogP contribution < -0.4 is 20.3 Å². The maximum atomic E-state index is 12.8. The van der Waals surface area contributed by atoms with Crippen LogP contribution in [0.15, 0.2) is 72.3 Å². The molecule has 2 atom stereocenters. The van der Waals surface area contributed by atoms with Gasteiger partial charge in [-0.2, -0.15) is 0 Å². The molecule has 0 aliphatic heterocycles. The fourth-order valence-corrected chi connectivity index (χ4v) is 3.13. The summed E-state index contributed by atoms with van der Waals surface area (Å²) in [6.45, 7) is 1.79. The molecule has 0 fully saturated rings. The molecule has 0 saturated heterocycles. The van der Waals surface area contributed by atoms with Crippen molar-refractivity contribution < 1.29 is 38.9 Å². The van der Waals surface area contributed by atoms with E-state index in [0.29, 0.717) is 28.3 Å².